The van der Waals surface area contributed by atoms with Crippen molar-refractivity contribution in [3.8, 4) is 5.75 Å². The summed E-state index contributed by atoms with van der Waals surface area (Å²) in [6.45, 7) is 7.35. The van der Waals surface area contributed by atoms with Crippen LogP contribution in [0.2, 0.25) is 5.02 Å². The van der Waals surface area contributed by atoms with Crippen molar-refractivity contribution in [2.45, 2.75) is 25.5 Å². The average molecular weight is 490 g/mol. The average Bonchev–Trinajstić information content (AvgIpc) is 3.30. The molecule has 6 heteroatoms. The summed E-state index contributed by atoms with van der Waals surface area (Å²) in [5, 5.41) is 0.767. The molecule has 182 valence electrons. The number of halogens is 1. The van der Waals surface area contributed by atoms with Crippen LogP contribution in [-0.2, 0) is 17.8 Å². The first kappa shape index (κ1) is 22.7. The fourth-order valence-corrected chi connectivity index (χ4v) is 5.75. The highest BCUT2D eigenvalue weighted by molar-refractivity contribution is 6.30. The first-order valence-electron chi connectivity index (χ1n) is 12.7. The fraction of sp³-hybridized carbons (Fsp3) is 0.379. The van der Waals surface area contributed by atoms with E-state index in [0.29, 0.717) is 12.6 Å². The zero-order chi connectivity index (χ0) is 23.6. The van der Waals surface area contributed by atoms with Crippen molar-refractivity contribution in [3.05, 3.63) is 82.9 Å². The van der Waals surface area contributed by atoms with Crippen molar-refractivity contribution in [1.82, 2.24) is 4.90 Å². The fourth-order valence-electron chi connectivity index (χ4n) is 5.58. The summed E-state index contributed by atoms with van der Waals surface area (Å²) in [7, 11) is 0. The minimum Gasteiger partial charge on any atom is -0.487 e. The van der Waals surface area contributed by atoms with Gasteiger partial charge in [0.15, 0.2) is 0 Å². The lowest BCUT2D eigenvalue weighted by atomic mass is 10.1. The molecule has 0 amide bonds. The number of rotatable bonds is 5. The smallest absolute Gasteiger partial charge is 0.143 e. The number of ether oxygens (including phenoxy) is 2. The van der Waals surface area contributed by atoms with Crippen LogP contribution < -0.4 is 14.5 Å². The van der Waals surface area contributed by atoms with Crippen LogP contribution >= 0.6 is 11.6 Å². The van der Waals surface area contributed by atoms with Crippen molar-refractivity contribution in [2.75, 3.05) is 55.7 Å². The van der Waals surface area contributed by atoms with E-state index >= 15 is 0 Å². The Hall–Kier alpha value is -2.73. The van der Waals surface area contributed by atoms with Crippen molar-refractivity contribution in [1.29, 1.82) is 0 Å². The molecule has 0 aliphatic carbocycles. The lowest BCUT2D eigenvalue weighted by molar-refractivity contribution is 0.122. The molecule has 0 saturated carbocycles. The molecule has 0 radical (unpaired) electrons. The van der Waals surface area contributed by atoms with E-state index in [9.17, 15) is 0 Å². The van der Waals surface area contributed by atoms with Crippen LogP contribution in [0, 0.1) is 0 Å². The van der Waals surface area contributed by atoms with Crippen LogP contribution in [-0.4, -0.2) is 56.9 Å². The van der Waals surface area contributed by atoms with E-state index in [4.69, 9.17) is 21.1 Å². The van der Waals surface area contributed by atoms with Gasteiger partial charge < -0.3 is 24.2 Å². The summed E-state index contributed by atoms with van der Waals surface area (Å²) in [6.07, 6.45) is 2.18. The summed E-state index contributed by atoms with van der Waals surface area (Å²) < 4.78 is 11.7. The van der Waals surface area contributed by atoms with Crippen LogP contribution in [0.4, 0.5) is 17.1 Å². The first-order valence-corrected chi connectivity index (χ1v) is 13.1. The van der Waals surface area contributed by atoms with Gasteiger partial charge in [0.1, 0.15) is 12.4 Å². The third kappa shape index (κ3) is 4.86. The van der Waals surface area contributed by atoms with Crippen LogP contribution in [0.25, 0.3) is 0 Å². The number of hydrogen-bond donors (Lipinski definition) is 0. The van der Waals surface area contributed by atoms with Crippen molar-refractivity contribution in [2.24, 2.45) is 0 Å². The van der Waals surface area contributed by atoms with E-state index in [0.717, 1.165) is 75.2 Å². The van der Waals surface area contributed by atoms with E-state index in [1.165, 1.54) is 22.5 Å². The number of anilines is 3. The topological polar surface area (TPSA) is 28.2 Å². The number of benzene rings is 3. The highest BCUT2D eigenvalue weighted by atomic mass is 35.5. The van der Waals surface area contributed by atoms with E-state index in [1.54, 1.807) is 0 Å². The van der Waals surface area contributed by atoms with Gasteiger partial charge in [0.25, 0.3) is 0 Å². The summed E-state index contributed by atoms with van der Waals surface area (Å²) in [6, 6.07) is 24.0. The van der Waals surface area contributed by atoms with Crippen molar-refractivity contribution < 1.29 is 9.47 Å². The van der Waals surface area contributed by atoms with Crippen LogP contribution in [0.5, 0.6) is 5.75 Å². The molecular formula is C29H32ClN3O2. The Kier molecular flexibility index (Phi) is 6.55. The zero-order valence-corrected chi connectivity index (χ0v) is 20.8. The molecule has 1 unspecified atom stereocenters. The molecule has 35 heavy (non-hydrogen) atoms. The predicted molar refractivity (Wildman–Crippen MR) is 142 cm³/mol. The predicted octanol–water partition coefficient (Wildman–Crippen LogP) is 5.52. The molecule has 3 aromatic rings. The Morgan fingerprint density at radius 2 is 1.77 bits per heavy atom. The second-order valence-corrected chi connectivity index (χ2v) is 10.1. The summed E-state index contributed by atoms with van der Waals surface area (Å²) in [4.78, 5) is 7.51. The van der Waals surface area contributed by atoms with Gasteiger partial charge >= 0.3 is 0 Å². The number of hydrogen-bond acceptors (Lipinski definition) is 5. The maximum absolute atomic E-state index is 6.46. The molecular weight excluding hydrogens is 458 g/mol. The number of fused-ring (bicyclic) bond motifs is 2. The van der Waals surface area contributed by atoms with Crippen LogP contribution in [0.1, 0.15) is 17.5 Å². The molecule has 0 N–H and O–H groups in total. The Morgan fingerprint density at radius 1 is 0.886 bits per heavy atom. The van der Waals surface area contributed by atoms with Crippen LogP contribution in [0.3, 0.4) is 0 Å². The molecule has 3 aliphatic rings. The Balaban J connectivity index is 1.17. The van der Waals surface area contributed by atoms with Gasteiger partial charge in [-0.1, -0.05) is 41.9 Å². The minimum atomic E-state index is 0.384. The number of para-hydroxylation sites is 2. The van der Waals surface area contributed by atoms with Gasteiger partial charge in [-0.25, -0.2) is 0 Å². The van der Waals surface area contributed by atoms with Crippen molar-refractivity contribution >= 4 is 28.7 Å². The van der Waals surface area contributed by atoms with Gasteiger partial charge in [0.05, 0.1) is 18.9 Å². The second kappa shape index (κ2) is 10.1. The maximum Gasteiger partial charge on any atom is 0.143 e. The lowest BCUT2D eigenvalue weighted by Crippen LogP contribution is -2.36. The van der Waals surface area contributed by atoms with E-state index < -0.39 is 0 Å². The summed E-state index contributed by atoms with van der Waals surface area (Å²) in [5.41, 5.74) is 6.22. The highest BCUT2D eigenvalue weighted by Crippen LogP contribution is 2.43. The van der Waals surface area contributed by atoms with Crippen LogP contribution in [0.15, 0.2) is 66.7 Å². The SMILES string of the molecule is Clc1ccc2c(c1)N(C1CCN(CCc3cccc(N4CCOCC4)c3)C1)c1ccccc1OC2. The Morgan fingerprint density at radius 3 is 2.69 bits per heavy atom. The largest absolute Gasteiger partial charge is 0.487 e. The number of morpholine rings is 1. The van der Waals surface area contributed by atoms with Gasteiger partial charge in [-0.05, 0) is 54.8 Å². The first-order chi connectivity index (χ1) is 17.2. The molecule has 2 saturated heterocycles. The summed E-state index contributed by atoms with van der Waals surface area (Å²) >= 11 is 6.46. The second-order valence-electron chi connectivity index (χ2n) is 9.66. The summed E-state index contributed by atoms with van der Waals surface area (Å²) in [5.74, 6) is 0.943. The van der Waals surface area contributed by atoms with E-state index in [2.05, 4.69) is 69.3 Å². The van der Waals surface area contributed by atoms with Gasteiger partial charge in [-0.15, -0.1) is 0 Å². The number of nitrogens with zero attached hydrogens (tertiary/aromatic N) is 3. The molecule has 6 rings (SSSR count). The van der Waals surface area contributed by atoms with E-state index in [-0.39, 0.29) is 0 Å². The molecule has 0 spiro atoms. The molecule has 3 aliphatic heterocycles. The third-order valence-corrected chi connectivity index (χ3v) is 7.67. The Bertz CT molecular complexity index is 1180. The molecule has 3 aromatic carbocycles. The van der Waals surface area contributed by atoms with Crippen molar-refractivity contribution in [3.63, 3.8) is 0 Å². The number of likely N-dealkylation sites (tertiary alicyclic amines) is 1. The normalized spacial score (nSPS) is 20.2. The van der Waals surface area contributed by atoms with Gasteiger partial charge in [-0.3, -0.25) is 0 Å². The minimum absolute atomic E-state index is 0.384. The molecule has 0 bridgehead atoms. The monoisotopic (exact) mass is 489 g/mol. The molecule has 0 aromatic heterocycles. The molecule has 3 heterocycles. The van der Waals surface area contributed by atoms with Gasteiger partial charge in [0, 0.05) is 60.7 Å². The van der Waals surface area contributed by atoms with E-state index in [1.807, 2.05) is 12.1 Å². The standard InChI is InChI=1S/C29H32ClN3O2/c30-24-9-8-23-21-35-29-7-2-1-6-27(29)33(28(23)19-24)26-11-13-31(20-26)12-10-22-4-3-5-25(18-22)32-14-16-34-17-15-32/h1-9,18-19,26H,10-17,20-21H2. The molecule has 1 atom stereocenters. The quantitative estimate of drug-likeness (QED) is 0.470. The highest BCUT2D eigenvalue weighted by Gasteiger charge is 2.33. The third-order valence-electron chi connectivity index (χ3n) is 7.43. The van der Waals surface area contributed by atoms with Gasteiger partial charge in [-0.2, -0.15) is 0 Å². The molecule has 5 nitrogen and oxygen atoms in total. The maximum atomic E-state index is 6.46. The zero-order valence-electron chi connectivity index (χ0n) is 20.0. The lowest BCUT2D eigenvalue weighted by Gasteiger charge is -2.32. The van der Waals surface area contributed by atoms with Gasteiger partial charge in [0.2, 0.25) is 0 Å². The molecule has 2 fully saturated rings. The Labute approximate surface area is 212 Å².